The molecule has 3 aromatic rings. The normalized spacial score (nSPS) is 10.8. The maximum Gasteiger partial charge on any atom is 0.252 e. The third-order valence-corrected chi connectivity index (χ3v) is 3.45. The van der Waals surface area contributed by atoms with Crippen molar-refractivity contribution in [2.75, 3.05) is 0 Å². The molecule has 1 aromatic carbocycles. The van der Waals surface area contributed by atoms with Crippen LogP contribution in [-0.4, -0.2) is 20.4 Å². The molecule has 5 nitrogen and oxygen atoms in total. The van der Waals surface area contributed by atoms with Crippen LogP contribution in [-0.2, 0) is 13.6 Å². The Balaban J connectivity index is 1.89. The Morgan fingerprint density at radius 3 is 2.95 bits per heavy atom. The molecule has 106 valence electrons. The van der Waals surface area contributed by atoms with E-state index in [0.29, 0.717) is 22.8 Å². The summed E-state index contributed by atoms with van der Waals surface area (Å²) in [6, 6.07) is 9.00. The van der Waals surface area contributed by atoms with Crippen molar-refractivity contribution < 1.29 is 4.79 Å². The lowest BCUT2D eigenvalue weighted by Crippen LogP contribution is -2.24. The molecule has 2 aromatic heterocycles. The van der Waals surface area contributed by atoms with Crippen LogP contribution < -0.4 is 5.32 Å². The maximum atomic E-state index is 12.4. The fraction of sp³-hybridized carbons (Fsp3) is 0.133. The van der Waals surface area contributed by atoms with Gasteiger partial charge < -0.3 is 9.88 Å². The van der Waals surface area contributed by atoms with Gasteiger partial charge >= 0.3 is 0 Å². The summed E-state index contributed by atoms with van der Waals surface area (Å²) in [7, 11) is 1.88. The van der Waals surface area contributed by atoms with E-state index in [0.717, 1.165) is 11.2 Å². The Morgan fingerprint density at radius 2 is 2.19 bits per heavy atom. The number of benzene rings is 1. The van der Waals surface area contributed by atoms with Crippen molar-refractivity contribution in [1.82, 2.24) is 19.9 Å². The number of hydrogen-bond donors (Lipinski definition) is 1. The van der Waals surface area contributed by atoms with Gasteiger partial charge in [0.05, 0.1) is 17.6 Å². The van der Waals surface area contributed by atoms with Crippen LogP contribution in [0.25, 0.3) is 10.9 Å². The van der Waals surface area contributed by atoms with Crippen molar-refractivity contribution in [3.05, 3.63) is 59.3 Å². The number of nitrogens with zero attached hydrogens (tertiary/aromatic N) is 3. The number of amides is 1. The molecule has 6 heteroatoms. The second kappa shape index (κ2) is 5.54. The number of halogens is 1. The lowest BCUT2D eigenvalue weighted by molar-refractivity contribution is 0.0951. The van der Waals surface area contributed by atoms with Crippen LogP contribution >= 0.6 is 11.6 Å². The highest BCUT2D eigenvalue weighted by Crippen LogP contribution is 2.20. The number of carbonyl (C=O) groups is 1. The summed E-state index contributed by atoms with van der Waals surface area (Å²) in [4.78, 5) is 20.8. The molecular formula is C15H13ClN4O. The molecule has 0 saturated heterocycles. The van der Waals surface area contributed by atoms with Crippen molar-refractivity contribution in [1.29, 1.82) is 0 Å². The Hall–Kier alpha value is -2.40. The molecule has 0 unspecified atom stereocenters. The number of aryl methyl sites for hydroxylation is 1. The lowest BCUT2D eigenvalue weighted by atomic mass is 10.1. The van der Waals surface area contributed by atoms with Crippen molar-refractivity contribution in [3.63, 3.8) is 0 Å². The summed E-state index contributed by atoms with van der Waals surface area (Å²) in [5, 5.41) is 3.93. The van der Waals surface area contributed by atoms with E-state index in [9.17, 15) is 4.79 Å². The molecule has 0 aliphatic rings. The van der Waals surface area contributed by atoms with Crippen molar-refractivity contribution >= 4 is 28.4 Å². The van der Waals surface area contributed by atoms with E-state index in [4.69, 9.17) is 11.6 Å². The van der Waals surface area contributed by atoms with E-state index >= 15 is 0 Å². The molecule has 0 fully saturated rings. The average Bonchev–Trinajstić information content (AvgIpc) is 2.89. The molecule has 0 spiro atoms. The molecule has 2 heterocycles. The topological polar surface area (TPSA) is 59.8 Å². The quantitative estimate of drug-likeness (QED) is 0.756. The summed E-state index contributed by atoms with van der Waals surface area (Å²) >= 11 is 5.99. The molecule has 0 aliphatic carbocycles. The fourth-order valence-electron chi connectivity index (χ4n) is 2.15. The smallest absolute Gasteiger partial charge is 0.252 e. The fourth-order valence-corrected chi connectivity index (χ4v) is 2.35. The third-order valence-electron chi connectivity index (χ3n) is 3.26. The third kappa shape index (κ3) is 2.73. The Morgan fingerprint density at radius 1 is 1.38 bits per heavy atom. The zero-order valence-corrected chi connectivity index (χ0v) is 12.1. The molecule has 3 rings (SSSR count). The van der Waals surface area contributed by atoms with E-state index in [1.165, 1.54) is 0 Å². The molecule has 1 N–H and O–H groups in total. The first kappa shape index (κ1) is 13.6. The first-order valence-corrected chi connectivity index (χ1v) is 6.82. The number of para-hydroxylation sites is 1. The minimum Gasteiger partial charge on any atom is -0.345 e. The summed E-state index contributed by atoms with van der Waals surface area (Å²) < 4.78 is 1.86. The number of carbonyl (C=O) groups excluding carboxylic acids is 1. The van der Waals surface area contributed by atoms with Gasteiger partial charge in [0, 0.05) is 24.8 Å². The number of fused-ring (bicyclic) bond motifs is 1. The summed E-state index contributed by atoms with van der Waals surface area (Å²) in [5.41, 5.74) is 1.21. The van der Waals surface area contributed by atoms with Gasteiger partial charge in [-0.05, 0) is 12.1 Å². The number of imidazole rings is 1. The van der Waals surface area contributed by atoms with Gasteiger partial charge in [0.2, 0.25) is 0 Å². The highest BCUT2D eigenvalue weighted by molar-refractivity contribution is 6.30. The van der Waals surface area contributed by atoms with Gasteiger partial charge in [-0.2, -0.15) is 0 Å². The zero-order valence-electron chi connectivity index (χ0n) is 11.4. The predicted molar refractivity (Wildman–Crippen MR) is 81.1 cm³/mol. The molecule has 0 bridgehead atoms. The van der Waals surface area contributed by atoms with E-state index in [1.807, 2.05) is 42.1 Å². The molecule has 21 heavy (non-hydrogen) atoms. The Kier molecular flexibility index (Phi) is 3.58. The number of hydrogen-bond acceptors (Lipinski definition) is 3. The van der Waals surface area contributed by atoms with Crippen LogP contribution in [0.1, 0.15) is 16.2 Å². The molecule has 0 atom stereocenters. The largest absolute Gasteiger partial charge is 0.345 e. The molecule has 0 radical (unpaired) electrons. The average molecular weight is 301 g/mol. The van der Waals surface area contributed by atoms with E-state index in [-0.39, 0.29) is 5.91 Å². The summed E-state index contributed by atoms with van der Waals surface area (Å²) in [6.07, 6.45) is 3.53. The van der Waals surface area contributed by atoms with Gasteiger partial charge in [-0.25, -0.2) is 9.97 Å². The number of pyridine rings is 1. The lowest BCUT2D eigenvalue weighted by Gasteiger charge is -2.08. The Labute approximate surface area is 126 Å². The summed E-state index contributed by atoms with van der Waals surface area (Å²) in [6.45, 7) is 0.358. The second-order valence-corrected chi connectivity index (χ2v) is 5.03. The van der Waals surface area contributed by atoms with Crippen LogP contribution in [0.4, 0.5) is 0 Å². The maximum absolute atomic E-state index is 12.4. The SMILES string of the molecule is Cn1ccnc1CNC(=O)c1cc(Cl)nc2ccccc12. The highest BCUT2D eigenvalue weighted by atomic mass is 35.5. The van der Waals surface area contributed by atoms with Crippen molar-refractivity contribution in [3.8, 4) is 0 Å². The van der Waals surface area contributed by atoms with E-state index in [1.54, 1.807) is 12.3 Å². The van der Waals surface area contributed by atoms with Gasteiger partial charge in [-0.3, -0.25) is 4.79 Å². The van der Waals surface area contributed by atoms with Crippen LogP contribution in [0.2, 0.25) is 5.15 Å². The highest BCUT2D eigenvalue weighted by Gasteiger charge is 2.12. The minimum absolute atomic E-state index is 0.196. The van der Waals surface area contributed by atoms with Crippen LogP contribution in [0, 0.1) is 0 Å². The van der Waals surface area contributed by atoms with E-state index in [2.05, 4.69) is 15.3 Å². The van der Waals surface area contributed by atoms with Gasteiger partial charge in [0.15, 0.2) is 0 Å². The monoisotopic (exact) mass is 300 g/mol. The van der Waals surface area contributed by atoms with Crippen molar-refractivity contribution in [2.24, 2.45) is 7.05 Å². The van der Waals surface area contributed by atoms with Crippen molar-refractivity contribution in [2.45, 2.75) is 6.54 Å². The Bertz CT molecular complexity index is 812. The predicted octanol–water partition coefficient (Wildman–Crippen LogP) is 2.55. The first-order chi connectivity index (χ1) is 10.1. The first-order valence-electron chi connectivity index (χ1n) is 6.45. The van der Waals surface area contributed by atoms with Gasteiger partial charge in [-0.15, -0.1) is 0 Å². The van der Waals surface area contributed by atoms with Crippen LogP contribution in [0.5, 0.6) is 0 Å². The number of aromatic nitrogens is 3. The number of nitrogens with one attached hydrogen (secondary N) is 1. The van der Waals surface area contributed by atoms with Crippen LogP contribution in [0.3, 0.4) is 0 Å². The van der Waals surface area contributed by atoms with Crippen LogP contribution in [0.15, 0.2) is 42.7 Å². The van der Waals surface area contributed by atoms with Gasteiger partial charge in [0.25, 0.3) is 5.91 Å². The second-order valence-electron chi connectivity index (χ2n) is 4.65. The molecular weight excluding hydrogens is 288 g/mol. The summed E-state index contributed by atoms with van der Waals surface area (Å²) in [5.74, 6) is 0.589. The van der Waals surface area contributed by atoms with Gasteiger partial charge in [0.1, 0.15) is 11.0 Å². The standard InChI is InChI=1S/C15H13ClN4O/c1-20-7-6-17-14(20)9-18-15(21)11-8-13(16)19-12-5-3-2-4-10(11)12/h2-8H,9H2,1H3,(H,18,21). The zero-order chi connectivity index (χ0) is 14.8. The molecule has 1 amide bonds. The van der Waals surface area contributed by atoms with E-state index < -0.39 is 0 Å². The van der Waals surface area contributed by atoms with Gasteiger partial charge in [-0.1, -0.05) is 29.8 Å². The molecule has 0 saturated carbocycles. The number of rotatable bonds is 3. The minimum atomic E-state index is -0.196. The molecule has 0 aliphatic heterocycles.